The Labute approximate surface area is 157 Å². The standard InChI is InChI=1S/C19H22N2O6/c1-5-26-18(22)16-15(13-8-7-9-14(10-13)21(24)25)11(3)12(4)20-17(16)19(23)27-6-2/h7-10,15,20H,5-6H2,1-4H3/t15-/m0/s1. The second kappa shape index (κ2) is 8.48. The second-order valence-corrected chi connectivity index (χ2v) is 5.95. The first kappa shape index (κ1) is 20.2. The summed E-state index contributed by atoms with van der Waals surface area (Å²) in [6, 6.07) is 6.00. The summed E-state index contributed by atoms with van der Waals surface area (Å²) >= 11 is 0. The summed E-state index contributed by atoms with van der Waals surface area (Å²) in [5.74, 6) is -2.01. The number of carbonyl (C=O) groups excluding carboxylic acids is 2. The van der Waals surface area contributed by atoms with Crippen molar-refractivity contribution in [3.8, 4) is 0 Å². The molecule has 0 aromatic heterocycles. The monoisotopic (exact) mass is 374 g/mol. The minimum absolute atomic E-state index is 0.00472. The first-order chi connectivity index (χ1) is 12.8. The molecule has 8 heteroatoms. The number of esters is 2. The molecule has 1 atom stereocenters. The van der Waals surface area contributed by atoms with E-state index >= 15 is 0 Å². The quantitative estimate of drug-likeness (QED) is 0.463. The van der Waals surface area contributed by atoms with E-state index in [1.807, 2.05) is 0 Å². The van der Waals surface area contributed by atoms with Gasteiger partial charge >= 0.3 is 11.9 Å². The molecule has 27 heavy (non-hydrogen) atoms. The van der Waals surface area contributed by atoms with Gasteiger partial charge < -0.3 is 14.8 Å². The van der Waals surface area contributed by atoms with Crippen molar-refractivity contribution in [2.75, 3.05) is 13.2 Å². The van der Waals surface area contributed by atoms with Crippen molar-refractivity contribution in [2.45, 2.75) is 33.6 Å². The van der Waals surface area contributed by atoms with Gasteiger partial charge in [0, 0.05) is 23.7 Å². The van der Waals surface area contributed by atoms with Gasteiger partial charge in [-0.1, -0.05) is 12.1 Å². The molecule has 0 saturated carbocycles. The van der Waals surface area contributed by atoms with Crippen molar-refractivity contribution in [3.05, 3.63) is 62.5 Å². The number of rotatable bonds is 6. The van der Waals surface area contributed by atoms with E-state index in [2.05, 4.69) is 5.32 Å². The Hall–Kier alpha value is -3.16. The number of allylic oxidation sites excluding steroid dienone is 2. The molecule has 0 fully saturated rings. The molecule has 1 aromatic rings. The van der Waals surface area contributed by atoms with Crippen LogP contribution in [0.1, 0.15) is 39.2 Å². The first-order valence-corrected chi connectivity index (χ1v) is 8.58. The number of ether oxygens (including phenoxy) is 2. The normalized spacial score (nSPS) is 16.7. The maximum Gasteiger partial charge on any atom is 0.355 e. The number of nitro groups is 1. The van der Waals surface area contributed by atoms with E-state index < -0.39 is 22.8 Å². The molecule has 0 aliphatic carbocycles. The van der Waals surface area contributed by atoms with Crippen LogP contribution in [0.15, 0.2) is 46.8 Å². The maximum absolute atomic E-state index is 12.7. The lowest BCUT2D eigenvalue weighted by atomic mass is 9.81. The first-order valence-electron chi connectivity index (χ1n) is 8.58. The van der Waals surface area contributed by atoms with Gasteiger partial charge in [-0.3, -0.25) is 10.1 Å². The minimum Gasteiger partial charge on any atom is -0.463 e. The highest BCUT2D eigenvalue weighted by molar-refractivity contribution is 6.02. The van der Waals surface area contributed by atoms with Crippen LogP contribution in [0.2, 0.25) is 0 Å². The van der Waals surface area contributed by atoms with Crippen LogP contribution in [0.3, 0.4) is 0 Å². The number of hydrogen-bond donors (Lipinski definition) is 1. The van der Waals surface area contributed by atoms with E-state index in [-0.39, 0.29) is 30.2 Å². The zero-order chi connectivity index (χ0) is 20.1. The number of nitrogens with one attached hydrogen (secondary N) is 1. The molecule has 1 aliphatic heterocycles. The van der Waals surface area contributed by atoms with Crippen LogP contribution in [0.25, 0.3) is 0 Å². The highest BCUT2D eigenvalue weighted by Gasteiger charge is 2.37. The lowest BCUT2D eigenvalue weighted by Crippen LogP contribution is -2.33. The van der Waals surface area contributed by atoms with Gasteiger partial charge in [0.25, 0.3) is 5.69 Å². The Morgan fingerprint density at radius 1 is 1.15 bits per heavy atom. The predicted octanol–water partition coefficient (Wildman–Crippen LogP) is 2.96. The molecule has 0 amide bonds. The molecule has 0 saturated heterocycles. The van der Waals surface area contributed by atoms with Crippen LogP contribution in [0, 0.1) is 10.1 Å². The van der Waals surface area contributed by atoms with Crippen LogP contribution < -0.4 is 5.32 Å². The summed E-state index contributed by atoms with van der Waals surface area (Å²) < 4.78 is 10.2. The van der Waals surface area contributed by atoms with Crippen molar-refractivity contribution in [1.82, 2.24) is 5.32 Å². The summed E-state index contributed by atoms with van der Waals surface area (Å²) in [6.07, 6.45) is 0. The molecule has 1 heterocycles. The molecular weight excluding hydrogens is 352 g/mol. The van der Waals surface area contributed by atoms with Crippen molar-refractivity contribution in [1.29, 1.82) is 0 Å². The smallest absolute Gasteiger partial charge is 0.355 e. The lowest BCUT2D eigenvalue weighted by molar-refractivity contribution is -0.384. The van der Waals surface area contributed by atoms with Crippen LogP contribution >= 0.6 is 0 Å². The number of hydrogen-bond acceptors (Lipinski definition) is 7. The fourth-order valence-corrected chi connectivity index (χ4v) is 2.96. The van der Waals surface area contributed by atoms with Crippen molar-refractivity contribution < 1.29 is 24.0 Å². The van der Waals surface area contributed by atoms with Gasteiger partial charge in [-0.05, 0) is 38.8 Å². The molecule has 0 radical (unpaired) electrons. The molecule has 0 bridgehead atoms. The predicted molar refractivity (Wildman–Crippen MR) is 97.6 cm³/mol. The lowest BCUT2D eigenvalue weighted by Gasteiger charge is -2.30. The number of dihydropyridines is 1. The number of non-ortho nitro benzene ring substituents is 1. The van der Waals surface area contributed by atoms with Crippen LogP contribution in [-0.2, 0) is 19.1 Å². The van der Waals surface area contributed by atoms with Crippen LogP contribution in [0.4, 0.5) is 5.69 Å². The largest absolute Gasteiger partial charge is 0.463 e. The molecule has 2 rings (SSSR count). The van der Waals surface area contributed by atoms with Crippen LogP contribution in [-0.4, -0.2) is 30.1 Å². The molecule has 0 spiro atoms. The average molecular weight is 374 g/mol. The van der Waals surface area contributed by atoms with Gasteiger partial charge in [0.05, 0.1) is 23.7 Å². The second-order valence-electron chi connectivity index (χ2n) is 5.95. The fraction of sp³-hybridized carbons (Fsp3) is 0.368. The van der Waals surface area contributed by atoms with E-state index in [0.717, 1.165) is 5.57 Å². The zero-order valence-corrected chi connectivity index (χ0v) is 15.7. The van der Waals surface area contributed by atoms with Crippen molar-refractivity contribution in [3.63, 3.8) is 0 Å². The fourth-order valence-electron chi connectivity index (χ4n) is 2.96. The van der Waals surface area contributed by atoms with E-state index in [1.54, 1.807) is 39.8 Å². The highest BCUT2D eigenvalue weighted by atomic mass is 16.6. The topological polar surface area (TPSA) is 108 Å². The Kier molecular flexibility index (Phi) is 6.33. The van der Waals surface area contributed by atoms with Crippen molar-refractivity contribution in [2.24, 2.45) is 0 Å². The summed E-state index contributed by atoms with van der Waals surface area (Å²) in [7, 11) is 0. The number of nitrogens with zero attached hydrogens (tertiary/aromatic N) is 1. The van der Waals surface area contributed by atoms with E-state index in [9.17, 15) is 19.7 Å². The molecule has 1 N–H and O–H groups in total. The molecule has 144 valence electrons. The number of benzene rings is 1. The van der Waals surface area contributed by atoms with Gasteiger partial charge in [-0.15, -0.1) is 0 Å². The molecule has 1 aliphatic rings. The average Bonchev–Trinajstić information content (AvgIpc) is 2.63. The third-order valence-electron chi connectivity index (χ3n) is 4.28. The minimum atomic E-state index is -0.678. The van der Waals surface area contributed by atoms with Gasteiger partial charge in [0.1, 0.15) is 5.70 Å². The molecule has 8 nitrogen and oxygen atoms in total. The Bertz CT molecular complexity index is 840. The molecular formula is C19H22N2O6. The van der Waals surface area contributed by atoms with Crippen molar-refractivity contribution >= 4 is 17.6 Å². The summed E-state index contributed by atoms with van der Waals surface area (Å²) in [5.41, 5.74) is 1.92. The Balaban J connectivity index is 2.69. The molecule has 1 aromatic carbocycles. The SMILES string of the molecule is CCOC(=O)C1=C(C(=O)OCC)[C@H](c2cccc([N+](=O)[O-])c2)C(C)=C(C)N1. The van der Waals surface area contributed by atoms with Gasteiger partial charge in [-0.2, -0.15) is 0 Å². The molecule has 0 unspecified atom stereocenters. The highest BCUT2D eigenvalue weighted by Crippen LogP contribution is 2.39. The summed E-state index contributed by atoms with van der Waals surface area (Å²) in [6.45, 7) is 7.16. The zero-order valence-electron chi connectivity index (χ0n) is 15.7. The number of nitro benzene ring substituents is 1. The van der Waals surface area contributed by atoms with Gasteiger partial charge in [-0.25, -0.2) is 9.59 Å². The summed E-state index contributed by atoms with van der Waals surface area (Å²) in [4.78, 5) is 35.8. The van der Waals surface area contributed by atoms with Crippen LogP contribution in [0.5, 0.6) is 0 Å². The third-order valence-corrected chi connectivity index (χ3v) is 4.28. The summed E-state index contributed by atoms with van der Waals surface area (Å²) in [5, 5.41) is 14.1. The van der Waals surface area contributed by atoms with Gasteiger partial charge in [0.2, 0.25) is 0 Å². The van der Waals surface area contributed by atoms with E-state index in [1.165, 1.54) is 12.1 Å². The maximum atomic E-state index is 12.7. The van der Waals surface area contributed by atoms with Gasteiger partial charge in [0.15, 0.2) is 0 Å². The van der Waals surface area contributed by atoms with E-state index in [4.69, 9.17) is 9.47 Å². The Morgan fingerprint density at radius 2 is 1.78 bits per heavy atom. The van der Waals surface area contributed by atoms with E-state index in [0.29, 0.717) is 11.3 Å². The number of carbonyl (C=O) groups is 2. The third kappa shape index (κ3) is 4.16. The Morgan fingerprint density at radius 3 is 2.37 bits per heavy atom.